The van der Waals surface area contributed by atoms with Crippen molar-refractivity contribution in [2.45, 2.75) is 24.8 Å². The molecular formula is C27H27FN4O6. The number of rotatable bonds is 5. The van der Waals surface area contributed by atoms with Gasteiger partial charge in [-0.05, 0) is 55.0 Å². The number of Topliss-reactive ketones (excluding diaryl/α,β-unsaturated/α-hetero) is 1. The Morgan fingerprint density at radius 3 is 2.71 bits per heavy atom. The van der Waals surface area contributed by atoms with Crippen LogP contribution in [0.25, 0.3) is 0 Å². The number of nitrogens with zero attached hydrogens (tertiary/aromatic N) is 1. The average molecular weight is 523 g/mol. The van der Waals surface area contributed by atoms with E-state index in [1.807, 2.05) is 0 Å². The smallest absolute Gasteiger partial charge is 0.325 e. The lowest BCUT2D eigenvalue weighted by atomic mass is 9.81. The van der Waals surface area contributed by atoms with Crippen molar-refractivity contribution in [1.82, 2.24) is 15.5 Å². The van der Waals surface area contributed by atoms with Crippen molar-refractivity contribution in [3.8, 4) is 11.5 Å². The molecule has 1 saturated heterocycles. The number of carbonyl (C=O) groups is 4. The zero-order valence-corrected chi connectivity index (χ0v) is 20.7. The minimum atomic E-state index is -1.45. The van der Waals surface area contributed by atoms with Gasteiger partial charge in [-0.25, -0.2) is 14.0 Å². The van der Waals surface area contributed by atoms with E-state index in [-0.39, 0.29) is 24.7 Å². The molecule has 3 aliphatic heterocycles. The normalized spacial score (nSPS) is 25.6. The second kappa shape index (κ2) is 9.00. The zero-order chi connectivity index (χ0) is 26.6. The summed E-state index contributed by atoms with van der Waals surface area (Å²) in [5, 5.41) is 7.82. The predicted molar refractivity (Wildman–Crippen MR) is 132 cm³/mol. The summed E-state index contributed by atoms with van der Waals surface area (Å²) in [6.07, 6.45) is 2.26. The topological polar surface area (TPSA) is 126 Å². The maximum Gasteiger partial charge on any atom is 0.325 e. The van der Waals surface area contributed by atoms with Crippen LogP contribution in [-0.2, 0) is 21.5 Å². The first-order valence-corrected chi connectivity index (χ1v) is 12.6. The fraction of sp³-hybridized carbons (Fsp3) is 0.407. The molecule has 3 N–H and O–H groups in total. The number of fused-ring (bicyclic) bond motifs is 3. The number of urea groups is 2. The lowest BCUT2D eigenvalue weighted by Gasteiger charge is -2.25. The summed E-state index contributed by atoms with van der Waals surface area (Å²) >= 11 is 0. The number of ketones is 1. The first kappa shape index (κ1) is 24.2. The Labute approximate surface area is 217 Å². The molecule has 0 radical (unpaired) electrons. The minimum absolute atomic E-state index is 0.0746. The number of hydrogen-bond donors (Lipinski definition) is 3. The van der Waals surface area contributed by atoms with Gasteiger partial charge in [-0.3, -0.25) is 14.5 Å². The van der Waals surface area contributed by atoms with E-state index in [1.54, 1.807) is 24.3 Å². The Hall–Kier alpha value is -4.15. The molecule has 3 atom stereocenters. The molecular weight excluding hydrogens is 495 g/mol. The molecule has 1 spiro atoms. The maximum atomic E-state index is 14.0. The molecule has 5 amide bonds. The molecule has 10 nitrogen and oxygen atoms in total. The van der Waals surface area contributed by atoms with Gasteiger partial charge < -0.3 is 25.4 Å². The van der Waals surface area contributed by atoms with E-state index in [4.69, 9.17) is 9.47 Å². The molecule has 0 aromatic heterocycles. The molecule has 2 aromatic carbocycles. The highest BCUT2D eigenvalue weighted by molar-refractivity contribution is 6.10. The van der Waals surface area contributed by atoms with E-state index in [0.717, 1.165) is 17.7 Å². The van der Waals surface area contributed by atoms with Crippen molar-refractivity contribution in [2.75, 3.05) is 32.1 Å². The summed E-state index contributed by atoms with van der Waals surface area (Å²) in [4.78, 5) is 52.9. The summed E-state index contributed by atoms with van der Waals surface area (Å²) in [5.74, 6) is -0.574. The van der Waals surface area contributed by atoms with Gasteiger partial charge in [0.2, 0.25) is 0 Å². The SMILES string of the molecule is CNC(=O)Nc1ccc2c(c1)OCC21NC(=O)N(CC(=O)C2Cc3cc(F)ccc3OC[C@H]2C2CC2)C1=O. The molecule has 1 saturated carbocycles. The minimum Gasteiger partial charge on any atom is -0.493 e. The van der Waals surface area contributed by atoms with Gasteiger partial charge in [0.15, 0.2) is 11.3 Å². The fourth-order valence-electron chi connectivity index (χ4n) is 5.73. The first-order chi connectivity index (χ1) is 18.3. The summed E-state index contributed by atoms with van der Waals surface area (Å²) in [7, 11) is 1.49. The van der Waals surface area contributed by atoms with E-state index in [0.29, 0.717) is 40.8 Å². The molecule has 11 heteroatoms. The van der Waals surface area contributed by atoms with Gasteiger partial charge in [0.05, 0.1) is 13.2 Å². The average Bonchev–Trinajstić information content (AvgIpc) is 3.66. The van der Waals surface area contributed by atoms with Crippen LogP contribution in [0.1, 0.15) is 24.0 Å². The Bertz CT molecular complexity index is 1360. The number of nitrogens with one attached hydrogen (secondary N) is 3. The molecule has 0 bridgehead atoms. The Morgan fingerprint density at radius 1 is 1.13 bits per heavy atom. The standard InChI is InChI=1S/C27H27FN4O6/c1-29-25(35)30-17-5-6-20-23(10-17)38-13-27(20)24(34)32(26(36)31-27)11-21(33)18-9-15-8-16(28)4-7-22(15)37-12-19(18)14-2-3-14/h4-8,10,14,18-19H,2-3,9,11-13H2,1H3,(H,31,36)(H2,29,30,35)/t18?,19-,27?/m0/s1. The third kappa shape index (κ3) is 4.02. The Balaban J connectivity index is 1.23. The largest absolute Gasteiger partial charge is 0.493 e. The summed E-state index contributed by atoms with van der Waals surface area (Å²) in [6, 6.07) is 8.02. The molecule has 6 rings (SSSR count). The van der Waals surface area contributed by atoms with Crippen molar-refractivity contribution < 1.29 is 33.0 Å². The second-order valence-electron chi connectivity index (χ2n) is 10.3. The van der Waals surface area contributed by atoms with Crippen LogP contribution in [0.2, 0.25) is 0 Å². The second-order valence-corrected chi connectivity index (χ2v) is 10.3. The van der Waals surface area contributed by atoms with Gasteiger partial charge >= 0.3 is 12.1 Å². The van der Waals surface area contributed by atoms with Gasteiger partial charge in [-0.2, -0.15) is 0 Å². The van der Waals surface area contributed by atoms with Crippen molar-refractivity contribution >= 4 is 29.4 Å². The summed E-state index contributed by atoms with van der Waals surface area (Å²) in [5.41, 5.74) is 0.0781. The lowest BCUT2D eigenvalue weighted by Crippen LogP contribution is -2.46. The number of halogens is 1. The van der Waals surface area contributed by atoms with E-state index in [1.165, 1.54) is 19.2 Å². The number of carbonyl (C=O) groups excluding carboxylic acids is 4. The molecule has 2 unspecified atom stereocenters. The number of anilines is 1. The molecule has 2 aromatic rings. The van der Waals surface area contributed by atoms with Gasteiger partial charge in [0.1, 0.15) is 23.9 Å². The number of ether oxygens (including phenoxy) is 2. The number of amides is 5. The highest BCUT2D eigenvalue weighted by Crippen LogP contribution is 2.45. The van der Waals surface area contributed by atoms with Crippen LogP contribution in [-0.4, -0.2) is 55.5 Å². The Kier molecular flexibility index (Phi) is 5.73. The number of hydrogen-bond acceptors (Lipinski definition) is 6. The molecule has 38 heavy (non-hydrogen) atoms. The van der Waals surface area contributed by atoms with Crippen LogP contribution in [0.15, 0.2) is 36.4 Å². The maximum absolute atomic E-state index is 14.0. The van der Waals surface area contributed by atoms with Crippen molar-refractivity contribution in [2.24, 2.45) is 17.8 Å². The van der Waals surface area contributed by atoms with E-state index >= 15 is 0 Å². The van der Waals surface area contributed by atoms with Gasteiger partial charge in [0.25, 0.3) is 5.91 Å². The quantitative estimate of drug-likeness (QED) is 0.519. The summed E-state index contributed by atoms with van der Waals surface area (Å²) in [6.45, 7) is -0.191. The molecule has 2 fully saturated rings. The van der Waals surface area contributed by atoms with E-state index < -0.39 is 41.8 Å². The van der Waals surface area contributed by atoms with Crippen LogP contribution in [0.5, 0.6) is 11.5 Å². The van der Waals surface area contributed by atoms with Crippen LogP contribution >= 0.6 is 0 Å². The highest BCUT2D eigenvalue weighted by Gasteiger charge is 2.58. The van der Waals surface area contributed by atoms with Crippen molar-refractivity contribution in [3.05, 3.63) is 53.3 Å². The monoisotopic (exact) mass is 522 g/mol. The van der Waals surface area contributed by atoms with Crippen LogP contribution in [0.4, 0.5) is 19.7 Å². The number of benzene rings is 2. The van der Waals surface area contributed by atoms with Crippen LogP contribution in [0.3, 0.4) is 0 Å². The molecule has 3 heterocycles. The highest BCUT2D eigenvalue weighted by atomic mass is 19.1. The predicted octanol–water partition coefficient (Wildman–Crippen LogP) is 2.56. The van der Waals surface area contributed by atoms with E-state index in [9.17, 15) is 23.6 Å². The summed E-state index contributed by atoms with van der Waals surface area (Å²) < 4.78 is 25.6. The fourth-order valence-corrected chi connectivity index (χ4v) is 5.73. The first-order valence-electron chi connectivity index (χ1n) is 12.6. The van der Waals surface area contributed by atoms with Gasteiger partial charge in [-0.15, -0.1) is 0 Å². The van der Waals surface area contributed by atoms with Gasteiger partial charge in [0, 0.05) is 36.2 Å². The molecule has 4 aliphatic rings. The number of imide groups is 1. The van der Waals surface area contributed by atoms with Crippen LogP contribution in [0, 0.1) is 23.6 Å². The lowest BCUT2D eigenvalue weighted by molar-refractivity contribution is -0.136. The third-order valence-corrected chi connectivity index (χ3v) is 7.91. The molecule has 1 aliphatic carbocycles. The van der Waals surface area contributed by atoms with Gasteiger partial charge in [-0.1, -0.05) is 6.07 Å². The third-order valence-electron chi connectivity index (χ3n) is 7.91. The van der Waals surface area contributed by atoms with Crippen LogP contribution < -0.4 is 25.4 Å². The van der Waals surface area contributed by atoms with Crippen molar-refractivity contribution in [3.63, 3.8) is 0 Å². The van der Waals surface area contributed by atoms with E-state index in [2.05, 4.69) is 16.0 Å². The zero-order valence-electron chi connectivity index (χ0n) is 20.7. The van der Waals surface area contributed by atoms with Crippen molar-refractivity contribution in [1.29, 1.82) is 0 Å². The molecule has 198 valence electrons. The Morgan fingerprint density at radius 2 is 1.95 bits per heavy atom.